The summed E-state index contributed by atoms with van der Waals surface area (Å²) < 4.78 is 10.2. The van der Waals surface area contributed by atoms with E-state index in [-0.39, 0.29) is 17.4 Å². The zero-order chi connectivity index (χ0) is 20.1. The fraction of sp³-hybridized carbons (Fsp3) is 0.111. The van der Waals surface area contributed by atoms with E-state index in [0.29, 0.717) is 11.4 Å². The molecule has 0 spiro atoms. The monoisotopic (exact) mass is 381 g/mol. The second kappa shape index (κ2) is 8.08. The lowest BCUT2D eigenvalue weighted by Gasteiger charge is -2.09. The summed E-state index contributed by atoms with van der Waals surface area (Å²) in [6.45, 7) is 1.87. The second-order valence-electron chi connectivity index (χ2n) is 5.59. The summed E-state index contributed by atoms with van der Waals surface area (Å²) >= 11 is 0. The molecule has 10 nitrogen and oxygen atoms in total. The molecule has 0 aliphatic rings. The molecule has 10 heteroatoms. The van der Waals surface area contributed by atoms with Gasteiger partial charge >= 0.3 is 17.5 Å². The molecule has 0 aliphatic heterocycles. The first-order valence-electron chi connectivity index (χ1n) is 8.03. The van der Waals surface area contributed by atoms with E-state index in [9.17, 15) is 14.9 Å². The molecule has 2 heterocycles. The van der Waals surface area contributed by atoms with E-state index in [1.165, 1.54) is 31.4 Å². The lowest BCUT2D eigenvalue weighted by Crippen LogP contribution is -2.04. The molecule has 3 aromatic rings. The number of carbonyl (C=O) groups excluding carboxylic acids is 1. The van der Waals surface area contributed by atoms with Crippen molar-refractivity contribution in [1.29, 1.82) is 0 Å². The number of anilines is 2. The van der Waals surface area contributed by atoms with Gasteiger partial charge in [-0.25, -0.2) is 14.8 Å². The molecule has 0 fully saturated rings. The van der Waals surface area contributed by atoms with Crippen LogP contribution in [0.15, 0.2) is 48.9 Å². The Balaban J connectivity index is 1.91. The van der Waals surface area contributed by atoms with Gasteiger partial charge in [0.2, 0.25) is 5.82 Å². The molecule has 0 amide bonds. The quantitative estimate of drug-likeness (QED) is 0.388. The standard InChI is InChI=1S/C18H15N5O5/c1-11-7-8-19-14(9-11)22-16-15(23(25)26)17(21-10-20-16)28-13-5-3-12(4-6-13)18(24)27-2/h3-10H,1-2H3,(H,19,20,21,22). The Morgan fingerprint density at radius 2 is 1.89 bits per heavy atom. The van der Waals surface area contributed by atoms with Crippen LogP contribution in [0.25, 0.3) is 0 Å². The summed E-state index contributed by atoms with van der Waals surface area (Å²) in [4.78, 5) is 34.3. The third-order valence-corrected chi connectivity index (χ3v) is 3.62. The summed E-state index contributed by atoms with van der Waals surface area (Å²) in [6.07, 6.45) is 2.72. The van der Waals surface area contributed by atoms with Gasteiger partial charge in [0.15, 0.2) is 0 Å². The number of nitrogens with one attached hydrogen (secondary N) is 1. The molecular weight excluding hydrogens is 366 g/mol. The van der Waals surface area contributed by atoms with Crippen molar-refractivity contribution in [2.24, 2.45) is 0 Å². The van der Waals surface area contributed by atoms with Crippen molar-refractivity contribution >= 4 is 23.3 Å². The number of nitro groups is 1. The van der Waals surface area contributed by atoms with Gasteiger partial charge < -0.3 is 14.8 Å². The summed E-state index contributed by atoms with van der Waals surface area (Å²) in [5.74, 6) is -0.152. The average molecular weight is 381 g/mol. The van der Waals surface area contributed by atoms with Crippen LogP contribution in [0.5, 0.6) is 11.6 Å². The van der Waals surface area contributed by atoms with Gasteiger partial charge in [-0.2, -0.15) is 4.98 Å². The lowest BCUT2D eigenvalue weighted by atomic mass is 10.2. The van der Waals surface area contributed by atoms with Crippen LogP contribution in [0.2, 0.25) is 0 Å². The van der Waals surface area contributed by atoms with Gasteiger partial charge in [-0.3, -0.25) is 10.1 Å². The fourth-order valence-electron chi connectivity index (χ4n) is 2.31. The van der Waals surface area contributed by atoms with Gasteiger partial charge in [0.05, 0.1) is 17.6 Å². The van der Waals surface area contributed by atoms with Gasteiger partial charge in [0, 0.05) is 6.20 Å². The minimum Gasteiger partial charge on any atom is -0.465 e. The predicted octanol–water partition coefficient (Wildman–Crippen LogP) is 3.41. The van der Waals surface area contributed by atoms with E-state index in [1.54, 1.807) is 18.3 Å². The number of benzene rings is 1. The van der Waals surface area contributed by atoms with Crippen LogP contribution in [0.4, 0.5) is 17.3 Å². The molecule has 0 saturated carbocycles. The van der Waals surface area contributed by atoms with Gasteiger partial charge in [0.25, 0.3) is 0 Å². The number of nitrogens with zero attached hydrogens (tertiary/aromatic N) is 4. The molecule has 28 heavy (non-hydrogen) atoms. The molecule has 0 saturated heterocycles. The Kier molecular flexibility index (Phi) is 5.40. The Morgan fingerprint density at radius 3 is 2.54 bits per heavy atom. The molecule has 1 aromatic carbocycles. The van der Waals surface area contributed by atoms with Crippen LogP contribution in [-0.2, 0) is 4.74 Å². The third-order valence-electron chi connectivity index (χ3n) is 3.62. The van der Waals surface area contributed by atoms with Crippen molar-refractivity contribution in [2.75, 3.05) is 12.4 Å². The van der Waals surface area contributed by atoms with Crippen molar-refractivity contribution in [2.45, 2.75) is 6.92 Å². The Bertz CT molecular complexity index is 1020. The maximum atomic E-state index is 11.6. The number of esters is 1. The summed E-state index contributed by atoms with van der Waals surface area (Å²) in [5, 5.41) is 14.4. The van der Waals surface area contributed by atoms with Crippen LogP contribution in [-0.4, -0.2) is 33.0 Å². The van der Waals surface area contributed by atoms with E-state index < -0.39 is 16.6 Å². The van der Waals surface area contributed by atoms with Crippen LogP contribution < -0.4 is 10.1 Å². The maximum Gasteiger partial charge on any atom is 0.373 e. The largest absolute Gasteiger partial charge is 0.465 e. The number of ether oxygens (including phenoxy) is 2. The molecule has 0 unspecified atom stereocenters. The van der Waals surface area contributed by atoms with Crippen molar-refractivity contribution in [3.63, 3.8) is 0 Å². The van der Waals surface area contributed by atoms with Crippen LogP contribution >= 0.6 is 0 Å². The van der Waals surface area contributed by atoms with Gasteiger partial charge in [-0.1, -0.05) is 0 Å². The molecule has 0 aliphatic carbocycles. The Hall–Kier alpha value is -4.08. The fourth-order valence-corrected chi connectivity index (χ4v) is 2.31. The highest BCUT2D eigenvalue weighted by atomic mass is 16.6. The van der Waals surface area contributed by atoms with Crippen LogP contribution in [0, 0.1) is 17.0 Å². The number of methoxy groups -OCH3 is 1. The first-order valence-corrected chi connectivity index (χ1v) is 8.03. The van der Waals surface area contributed by atoms with E-state index in [0.717, 1.165) is 11.9 Å². The van der Waals surface area contributed by atoms with Crippen molar-refractivity contribution in [3.8, 4) is 11.6 Å². The van der Waals surface area contributed by atoms with Gasteiger partial charge in [-0.05, 0) is 48.9 Å². The molecule has 0 atom stereocenters. The minimum atomic E-state index is -0.643. The lowest BCUT2D eigenvalue weighted by molar-refractivity contribution is -0.385. The summed E-state index contributed by atoms with van der Waals surface area (Å²) in [7, 11) is 1.27. The molecule has 2 aromatic heterocycles. The van der Waals surface area contributed by atoms with E-state index in [2.05, 4.69) is 25.0 Å². The zero-order valence-electron chi connectivity index (χ0n) is 14.9. The molecular formula is C18H15N5O5. The smallest absolute Gasteiger partial charge is 0.373 e. The van der Waals surface area contributed by atoms with Crippen molar-refractivity contribution in [1.82, 2.24) is 15.0 Å². The Labute approximate surface area is 159 Å². The van der Waals surface area contributed by atoms with Gasteiger partial charge in [-0.15, -0.1) is 0 Å². The molecule has 0 bridgehead atoms. The molecule has 142 valence electrons. The van der Waals surface area contributed by atoms with Gasteiger partial charge in [0.1, 0.15) is 17.9 Å². The van der Waals surface area contributed by atoms with E-state index in [1.807, 2.05) is 6.92 Å². The Morgan fingerprint density at radius 1 is 1.14 bits per heavy atom. The number of carbonyl (C=O) groups is 1. The van der Waals surface area contributed by atoms with Crippen molar-refractivity contribution in [3.05, 3.63) is 70.2 Å². The number of hydrogen-bond acceptors (Lipinski definition) is 9. The first-order chi connectivity index (χ1) is 13.5. The number of aryl methyl sites for hydroxylation is 1. The number of rotatable bonds is 6. The number of hydrogen-bond donors (Lipinski definition) is 1. The SMILES string of the molecule is COC(=O)c1ccc(Oc2ncnc(Nc3cc(C)ccn3)c2[N+](=O)[O-])cc1. The zero-order valence-corrected chi connectivity index (χ0v) is 14.9. The topological polar surface area (TPSA) is 129 Å². The van der Waals surface area contributed by atoms with Crippen molar-refractivity contribution < 1.29 is 19.2 Å². The summed E-state index contributed by atoms with van der Waals surface area (Å²) in [6, 6.07) is 9.43. The second-order valence-corrected chi connectivity index (χ2v) is 5.59. The predicted molar refractivity (Wildman–Crippen MR) is 98.8 cm³/mol. The highest BCUT2D eigenvalue weighted by molar-refractivity contribution is 5.89. The highest BCUT2D eigenvalue weighted by Crippen LogP contribution is 2.35. The third kappa shape index (κ3) is 4.18. The summed E-state index contributed by atoms with van der Waals surface area (Å²) in [5.41, 5.74) is 0.805. The minimum absolute atomic E-state index is 0.0562. The normalized spacial score (nSPS) is 10.2. The van der Waals surface area contributed by atoms with Crippen LogP contribution in [0.1, 0.15) is 15.9 Å². The highest BCUT2D eigenvalue weighted by Gasteiger charge is 2.25. The first kappa shape index (κ1) is 18.7. The number of aromatic nitrogens is 3. The maximum absolute atomic E-state index is 11.6. The molecule has 0 radical (unpaired) electrons. The molecule has 1 N–H and O–H groups in total. The molecule has 3 rings (SSSR count). The van der Waals surface area contributed by atoms with E-state index in [4.69, 9.17) is 4.74 Å². The van der Waals surface area contributed by atoms with E-state index >= 15 is 0 Å². The average Bonchev–Trinajstić information content (AvgIpc) is 2.68. The van der Waals surface area contributed by atoms with Crippen LogP contribution in [0.3, 0.4) is 0 Å². The number of pyridine rings is 1.